The van der Waals surface area contributed by atoms with Gasteiger partial charge in [-0.25, -0.2) is 4.79 Å². The third-order valence-corrected chi connectivity index (χ3v) is 4.79. The summed E-state index contributed by atoms with van der Waals surface area (Å²) >= 11 is 0. The van der Waals surface area contributed by atoms with Crippen molar-refractivity contribution in [2.45, 2.75) is 25.0 Å². The molecule has 4 nitrogen and oxygen atoms in total. The van der Waals surface area contributed by atoms with Gasteiger partial charge in [-0.1, -0.05) is 60.7 Å². The van der Waals surface area contributed by atoms with E-state index in [9.17, 15) is 4.79 Å². The van der Waals surface area contributed by atoms with Gasteiger partial charge in [0.25, 0.3) is 0 Å². The first-order chi connectivity index (χ1) is 13.2. The lowest BCUT2D eigenvalue weighted by Crippen LogP contribution is -2.38. The van der Waals surface area contributed by atoms with Crippen LogP contribution in [0.3, 0.4) is 0 Å². The molecule has 1 saturated carbocycles. The zero-order valence-electron chi connectivity index (χ0n) is 15.0. The van der Waals surface area contributed by atoms with Crippen molar-refractivity contribution < 1.29 is 9.53 Å². The first-order valence-corrected chi connectivity index (χ1v) is 9.15. The van der Waals surface area contributed by atoms with Crippen molar-refractivity contribution in [3.63, 3.8) is 0 Å². The second-order valence-corrected chi connectivity index (χ2v) is 6.83. The normalized spacial score (nSPS) is 14.2. The van der Waals surface area contributed by atoms with Crippen LogP contribution >= 0.6 is 0 Å². The summed E-state index contributed by atoms with van der Waals surface area (Å²) in [4.78, 5) is 12.4. The number of hydrogen-bond acceptors (Lipinski definition) is 2. The molecule has 2 N–H and O–H groups in total. The van der Waals surface area contributed by atoms with Crippen LogP contribution in [0.4, 0.5) is 10.5 Å². The Labute approximate surface area is 159 Å². The number of carbonyl (C=O) groups excluding carboxylic acids is 1. The lowest BCUT2D eigenvalue weighted by Gasteiger charge is -2.18. The van der Waals surface area contributed by atoms with Gasteiger partial charge in [0.1, 0.15) is 12.4 Å². The molecule has 0 spiro atoms. The number of ether oxygens (including phenoxy) is 1. The van der Waals surface area contributed by atoms with E-state index < -0.39 is 0 Å². The molecule has 2 amide bonds. The van der Waals surface area contributed by atoms with Crippen molar-refractivity contribution in [3.8, 4) is 5.75 Å². The van der Waals surface area contributed by atoms with Crippen LogP contribution in [-0.2, 0) is 12.1 Å². The van der Waals surface area contributed by atoms with Crippen LogP contribution in [0.15, 0.2) is 84.9 Å². The van der Waals surface area contributed by atoms with Gasteiger partial charge < -0.3 is 15.4 Å². The smallest absolute Gasteiger partial charge is 0.319 e. The number of rotatable bonds is 6. The quantitative estimate of drug-likeness (QED) is 0.646. The number of anilines is 1. The van der Waals surface area contributed by atoms with Gasteiger partial charge in [0.15, 0.2) is 0 Å². The molecule has 4 heteroatoms. The minimum absolute atomic E-state index is 0.186. The predicted octanol–water partition coefficient (Wildman–Crippen LogP) is 5.08. The fourth-order valence-corrected chi connectivity index (χ4v) is 3.12. The van der Waals surface area contributed by atoms with E-state index >= 15 is 0 Å². The molecule has 3 aromatic carbocycles. The molecular formula is C23H22N2O2. The molecular weight excluding hydrogens is 336 g/mol. The van der Waals surface area contributed by atoms with Gasteiger partial charge in [0.2, 0.25) is 0 Å². The van der Waals surface area contributed by atoms with Crippen molar-refractivity contribution >= 4 is 11.7 Å². The second kappa shape index (κ2) is 7.54. The molecule has 0 aliphatic heterocycles. The fourth-order valence-electron chi connectivity index (χ4n) is 3.12. The Morgan fingerprint density at radius 3 is 2.11 bits per heavy atom. The number of benzene rings is 3. The topological polar surface area (TPSA) is 50.4 Å². The van der Waals surface area contributed by atoms with E-state index in [4.69, 9.17) is 4.74 Å². The lowest BCUT2D eigenvalue weighted by molar-refractivity contribution is 0.247. The maximum Gasteiger partial charge on any atom is 0.319 e. The number of carbonyl (C=O) groups is 1. The molecule has 27 heavy (non-hydrogen) atoms. The first-order valence-electron chi connectivity index (χ1n) is 9.15. The van der Waals surface area contributed by atoms with Crippen LogP contribution in [0.25, 0.3) is 0 Å². The largest absolute Gasteiger partial charge is 0.489 e. The van der Waals surface area contributed by atoms with Crippen molar-refractivity contribution in [2.75, 3.05) is 5.32 Å². The molecule has 3 aromatic rings. The monoisotopic (exact) mass is 358 g/mol. The Kier molecular flexibility index (Phi) is 4.79. The van der Waals surface area contributed by atoms with Crippen LogP contribution in [0.1, 0.15) is 24.0 Å². The molecule has 136 valence electrons. The molecule has 0 radical (unpaired) electrons. The van der Waals surface area contributed by atoms with Crippen molar-refractivity contribution in [3.05, 3.63) is 96.1 Å². The van der Waals surface area contributed by atoms with Gasteiger partial charge >= 0.3 is 6.03 Å². The Balaban J connectivity index is 1.31. The van der Waals surface area contributed by atoms with E-state index in [1.807, 2.05) is 72.8 Å². The fraction of sp³-hybridized carbons (Fsp3) is 0.174. The molecule has 0 saturated heterocycles. The van der Waals surface area contributed by atoms with Crippen molar-refractivity contribution in [1.82, 2.24) is 5.32 Å². The molecule has 0 bridgehead atoms. The highest BCUT2D eigenvalue weighted by molar-refractivity contribution is 5.90. The number of nitrogens with one attached hydrogen (secondary N) is 2. The maximum absolute atomic E-state index is 12.4. The standard InChI is InChI=1S/C23H22N2O2/c26-22(25-23(15-16-23)19-9-5-2-6-10-19)24-20-11-13-21(14-12-20)27-17-18-7-3-1-4-8-18/h1-14H,15-17H2,(H2,24,25,26). The van der Waals surface area contributed by atoms with Crippen LogP contribution in [-0.4, -0.2) is 6.03 Å². The minimum Gasteiger partial charge on any atom is -0.489 e. The SMILES string of the molecule is O=C(Nc1ccc(OCc2ccccc2)cc1)NC1(c2ccccc2)CC1. The highest BCUT2D eigenvalue weighted by Crippen LogP contribution is 2.45. The summed E-state index contributed by atoms with van der Waals surface area (Å²) in [6.45, 7) is 0.522. The highest BCUT2D eigenvalue weighted by atomic mass is 16.5. The Morgan fingerprint density at radius 1 is 0.852 bits per heavy atom. The number of hydrogen-bond donors (Lipinski definition) is 2. The lowest BCUT2D eigenvalue weighted by atomic mass is 10.1. The molecule has 0 heterocycles. The third-order valence-electron chi connectivity index (χ3n) is 4.79. The Hall–Kier alpha value is -3.27. The molecule has 0 aromatic heterocycles. The summed E-state index contributed by atoms with van der Waals surface area (Å²) in [6, 6.07) is 27.4. The van der Waals surface area contributed by atoms with E-state index in [0.29, 0.717) is 6.61 Å². The number of amides is 2. The van der Waals surface area contributed by atoms with Crippen LogP contribution in [0.2, 0.25) is 0 Å². The van der Waals surface area contributed by atoms with Crippen LogP contribution in [0.5, 0.6) is 5.75 Å². The Bertz CT molecular complexity index is 889. The molecule has 4 rings (SSSR count). The maximum atomic E-state index is 12.4. The molecule has 1 aliphatic carbocycles. The second-order valence-electron chi connectivity index (χ2n) is 6.83. The van der Waals surface area contributed by atoms with Crippen molar-refractivity contribution in [2.24, 2.45) is 0 Å². The zero-order chi connectivity index (χ0) is 18.5. The van der Waals surface area contributed by atoms with Gasteiger partial charge in [0, 0.05) is 5.69 Å². The van der Waals surface area contributed by atoms with Gasteiger partial charge in [-0.05, 0) is 48.2 Å². The van der Waals surface area contributed by atoms with Gasteiger partial charge in [-0.2, -0.15) is 0 Å². The summed E-state index contributed by atoms with van der Waals surface area (Å²) in [6.07, 6.45) is 1.94. The highest BCUT2D eigenvalue weighted by Gasteiger charge is 2.45. The summed E-state index contributed by atoms with van der Waals surface area (Å²) in [7, 11) is 0. The molecule has 1 aliphatic rings. The molecule has 0 unspecified atom stereocenters. The average molecular weight is 358 g/mol. The van der Waals surface area contributed by atoms with E-state index in [-0.39, 0.29) is 11.6 Å². The van der Waals surface area contributed by atoms with Gasteiger partial charge in [-0.15, -0.1) is 0 Å². The molecule has 1 fully saturated rings. The first kappa shape index (κ1) is 17.2. The zero-order valence-corrected chi connectivity index (χ0v) is 15.0. The third kappa shape index (κ3) is 4.29. The average Bonchev–Trinajstić information content (AvgIpc) is 3.49. The molecule has 0 atom stereocenters. The predicted molar refractivity (Wildman–Crippen MR) is 107 cm³/mol. The summed E-state index contributed by atoms with van der Waals surface area (Å²) in [5, 5.41) is 6.02. The van der Waals surface area contributed by atoms with E-state index in [0.717, 1.165) is 35.4 Å². The minimum atomic E-state index is -0.218. The van der Waals surface area contributed by atoms with Gasteiger partial charge in [0.05, 0.1) is 5.54 Å². The summed E-state index contributed by atoms with van der Waals surface area (Å²) < 4.78 is 5.77. The van der Waals surface area contributed by atoms with Gasteiger partial charge in [-0.3, -0.25) is 0 Å². The van der Waals surface area contributed by atoms with Crippen LogP contribution in [0, 0.1) is 0 Å². The number of urea groups is 1. The Morgan fingerprint density at radius 2 is 1.48 bits per heavy atom. The van der Waals surface area contributed by atoms with Crippen LogP contribution < -0.4 is 15.4 Å². The summed E-state index contributed by atoms with van der Waals surface area (Å²) in [5.41, 5.74) is 2.80. The van der Waals surface area contributed by atoms with Crippen molar-refractivity contribution in [1.29, 1.82) is 0 Å². The summed E-state index contributed by atoms with van der Waals surface area (Å²) in [5.74, 6) is 0.771. The van der Waals surface area contributed by atoms with E-state index in [2.05, 4.69) is 22.8 Å². The van der Waals surface area contributed by atoms with E-state index in [1.54, 1.807) is 0 Å². The van der Waals surface area contributed by atoms with E-state index in [1.165, 1.54) is 0 Å².